The molecule has 0 atom stereocenters. The molecular weight excluding hydrogens is 332 g/mol. The van der Waals surface area contributed by atoms with Gasteiger partial charge in [0.15, 0.2) is 11.5 Å². The molecule has 2 amide bonds. The molecule has 136 valence electrons. The van der Waals surface area contributed by atoms with Gasteiger partial charge in [-0.15, -0.1) is 0 Å². The number of methoxy groups -OCH3 is 2. The van der Waals surface area contributed by atoms with Crippen LogP contribution in [0.2, 0.25) is 0 Å². The molecule has 1 aliphatic carbocycles. The molecule has 6 nitrogen and oxygen atoms in total. The minimum Gasteiger partial charge on any atom is -0.493 e. The normalized spacial score (nSPS) is 13.0. The second-order valence-electron chi connectivity index (χ2n) is 6.24. The van der Waals surface area contributed by atoms with Gasteiger partial charge in [0, 0.05) is 17.3 Å². The number of rotatable bonds is 7. The second-order valence-corrected chi connectivity index (χ2v) is 6.24. The van der Waals surface area contributed by atoms with Gasteiger partial charge in [-0.1, -0.05) is 6.07 Å². The first kappa shape index (κ1) is 17.8. The molecule has 1 saturated carbocycles. The average Bonchev–Trinajstić information content (AvgIpc) is 3.46. The van der Waals surface area contributed by atoms with E-state index in [9.17, 15) is 9.59 Å². The summed E-state index contributed by atoms with van der Waals surface area (Å²) in [5, 5.41) is 5.77. The molecular formula is C20H22N2O4. The Hall–Kier alpha value is -3.02. The van der Waals surface area contributed by atoms with Gasteiger partial charge in [0.05, 0.1) is 20.6 Å². The lowest BCUT2D eigenvalue weighted by atomic mass is 10.1. The summed E-state index contributed by atoms with van der Waals surface area (Å²) in [5.41, 5.74) is 2.06. The Kier molecular flexibility index (Phi) is 5.41. The molecule has 0 radical (unpaired) electrons. The van der Waals surface area contributed by atoms with E-state index >= 15 is 0 Å². The number of carbonyl (C=O) groups excluding carboxylic acids is 2. The molecule has 0 unspecified atom stereocenters. The lowest BCUT2D eigenvalue weighted by Crippen LogP contribution is -2.25. The first-order chi connectivity index (χ1) is 12.6. The van der Waals surface area contributed by atoms with Crippen LogP contribution in [-0.4, -0.2) is 32.1 Å². The summed E-state index contributed by atoms with van der Waals surface area (Å²) < 4.78 is 10.4. The molecule has 1 aliphatic rings. The van der Waals surface area contributed by atoms with Gasteiger partial charge < -0.3 is 20.1 Å². The van der Waals surface area contributed by atoms with Gasteiger partial charge >= 0.3 is 0 Å². The van der Waals surface area contributed by atoms with Gasteiger partial charge in [-0.2, -0.15) is 0 Å². The molecule has 0 saturated heterocycles. The van der Waals surface area contributed by atoms with E-state index in [1.54, 1.807) is 50.6 Å². The third-order valence-electron chi connectivity index (χ3n) is 4.16. The van der Waals surface area contributed by atoms with Crippen molar-refractivity contribution in [2.45, 2.75) is 25.3 Å². The number of hydrogen-bond donors (Lipinski definition) is 2. The highest BCUT2D eigenvalue weighted by molar-refractivity contribution is 5.96. The fraction of sp³-hybridized carbons (Fsp3) is 0.300. The molecule has 0 heterocycles. The van der Waals surface area contributed by atoms with E-state index in [1.807, 2.05) is 6.07 Å². The van der Waals surface area contributed by atoms with Crippen molar-refractivity contribution in [1.29, 1.82) is 0 Å². The van der Waals surface area contributed by atoms with Gasteiger partial charge in [-0.05, 0) is 54.8 Å². The van der Waals surface area contributed by atoms with Crippen LogP contribution >= 0.6 is 0 Å². The molecule has 1 fully saturated rings. The fourth-order valence-corrected chi connectivity index (χ4v) is 2.58. The largest absolute Gasteiger partial charge is 0.493 e. The van der Waals surface area contributed by atoms with Gasteiger partial charge in [0.25, 0.3) is 5.91 Å². The molecule has 26 heavy (non-hydrogen) atoms. The standard InChI is InChI=1S/C20H22N2O4/c1-25-17-10-3-13(11-18(17)26-2)12-19(23)21-15-6-4-14(5-7-15)20(24)22-16-8-9-16/h3-7,10-11,16H,8-9,12H2,1-2H3,(H,21,23)(H,22,24). The quantitative estimate of drug-likeness (QED) is 0.802. The number of anilines is 1. The number of nitrogens with one attached hydrogen (secondary N) is 2. The van der Waals surface area contributed by atoms with Crippen LogP contribution < -0.4 is 20.1 Å². The van der Waals surface area contributed by atoms with Crippen LogP contribution in [0.4, 0.5) is 5.69 Å². The van der Waals surface area contributed by atoms with Crippen LogP contribution in [0.15, 0.2) is 42.5 Å². The topological polar surface area (TPSA) is 76.7 Å². The van der Waals surface area contributed by atoms with E-state index < -0.39 is 0 Å². The monoisotopic (exact) mass is 354 g/mol. The summed E-state index contributed by atoms with van der Waals surface area (Å²) >= 11 is 0. The number of carbonyl (C=O) groups is 2. The van der Waals surface area contributed by atoms with Gasteiger partial charge in [0.1, 0.15) is 0 Å². The zero-order chi connectivity index (χ0) is 18.5. The van der Waals surface area contributed by atoms with E-state index in [0.29, 0.717) is 28.8 Å². The molecule has 2 aromatic carbocycles. The predicted octanol–water partition coefficient (Wildman–Crippen LogP) is 2.78. The smallest absolute Gasteiger partial charge is 0.251 e. The highest BCUT2D eigenvalue weighted by Gasteiger charge is 2.23. The molecule has 0 aromatic heterocycles. The SMILES string of the molecule is COc1ccc(CC(=O)Nc2ccc(C(=O)NC3CC3)cc2)cc1OC. The van der Waals surface area contributed by atoms with E-state index in [0.717, 1.165) is 18.4 Å². The maximum Gasteiger partial charge on any atom is 0.251 e. The third-order valence-corrected chi connectivity index (χ3v) is 4.16. The van der Waals surface area contributed by atoms with Gasteiger partial charge in [-0.3, -0.25) is 9.59 Å². The number of benzene rings is 2. The Morgan fingerprint density at radius 2 is 1.69 bits per heavy atom. The number of hydrogen-bond acceptors (Lipinski definition) is 4. The Morgan fingerprint density at radius 3 is 2.31 bits per heavy atom. The summed E-state index contributed by atoms with van der Waals surface area (Å²) in [5.74, 6) is 0.989. The van der Waals surface area contributed by atoms with Crippen molar-refractivity contribution in [2.75, 3.05) is 19.5 Å². The molecule has 0 spiro atoms. The van der Waals surface area contributed by atoms with E-state index in [-0.39, 0.29) is 18.2 Å². The number of ether oxygens (including phenoxy) is 2. The van der Waals surface area contributed by atoms with Gasteiger partial charge in [0.2, 0.25) is 5.91 Å². The summed E-state index contributed by atoms with van der Waals surface area (Å²) in [6.45, 7) is 0. The van der Waals surface area contributed by atoms with Crippen LogP contribution in [0.25, 0.3) is 0 Å². The summed E-state index contributed by atoms with van der Waals surface area (Å²) in [7, 11) is 3.13. The molecule has 2 N–H and O–H groups in total. The Bertz CT molecular complexity index is 798. The number of amides is 2. The average molecular weight is 354 g/mol. The van der Waals surface area contributed by atoms with E-state index in [1.165, 1.54) is 0 Å². The lowest BCUT2D eigenvalue weighted by Gasteiger charge is -2.10. The van der Waals surface area contributed by atoms with Crippen molar-refractivity contribution in [2.24, 2.45) is 0 Å². The van der Waals surface area contributed by atoms with Crippen LogP contribution in [-0.2, 0) is 11.2 Å². The van der Waals surface area contributed by atoms with Crippen molar-refractivity contribution < 1.29 is 19.1 Å². The minimum absolute atomic E-state index is 0.0734. The van der Waals surface area contributed by atoms with Crippen molar-refractivity contribution in [1.82, 2.24) is 5.32 Å². The second kappa shape index (κ2) is 7.91. The molecule has 3 rings (SSSR count). The highest BCUT2D eigenvalue weighted by Crippen LogP contribution is 2.27. The summed E-state index contributed by atoms with van der Waals surface area (Å²) in [6, 6.07) is 12.6. The van der Waals surface area contributed by atoms with Crippen LogP contribution in [0, 0.1) is 0 Å². The van der Waals surface area contributed by atoms with Crippen LogP contribution in [0.3, 0.4) is 0 Å². The van der Waals surface area contributed by atoms with Crippen LogP contribution in [0.5, 0.6) is 11.5 Å². The predicted molar refractivity (Wildman–Crippen MR) is 98.8 cm³/mol. The zero-order valence-electron chi connectivity index (χ0n) is 14.9. The molecule has 0 aliphatic heterocycles. The minimum atomic E-state index is -0.146. The zero-order valence-corrected chi connectivity index (χ0v) is 14.9. The van der Waals surface area contributed by atoms with Crippen molar-refractivity contribution in [3.63, 3.8) is 0 Å². The van der Waals surface area contributed by atoms with E-state index in [4.69, 9.17) is 9.47 Å². The molecule has 6 heteroatoms. The maximum absolute atomic E-state index is 12.2. The molecule has 0 bridgehead atoms. The van der Waals surface area contributed by atoms with Crippen molar-refractivity contribution in [3.05, 3.63) is 53.6 Å². The maximum atomic E-state index is 12.2. The summed E-state index contributed by atoms with van der Waals surface area (Å²) in [4.78, 5) is 24.2. The Balaban J connectivity index is 1.58. The summed E-state index contributed by atoms with van der Waals surface area (Å²) in [6.07, 6.45) is 2.32. The van der Waals surface area contributed by atoms with E-state index in [2.05, 4.69) is 10.6 Å². The van der Waals surface area contributed by atoms with Crippen molar-refractivity contribution in [3.8, 4) is 11.5 Å². The fourth-order valence-electron chi connectivity index (χ4n) is 2.58. The van der Waals surface area contributed by atoms with Gasteiger partial charge in [-0.25, -0.2) is 0 Å². The highest BCUT2D eigenvalue weighted by atomic mass is 16.5. The Labute approximate surface area is 152 Å². The lowest BCUT2D eigenvalue weighted by molar-refractivity contribution is -0.115. The van der Waals surface area contributed by atoms with Crippen LogP contribution in [0.1, 0.15) is 28.8 Å². The van der Waals surface area contributed by atoms with Crippen molar-refractivity contribution >= 4 is 17.5 Å². The molecule has 2 aromatic rings. The first-order valence-corrected chi connectivity index (χ1v) is 8.50. The first-order valence-electron chi connectivity index (χ1n) is 8.50. The third kappa shape index (κ3) is 4.53. The Morgan fingerprint density at radius 1 is 1.00 bits per heavy atom.